The Morgan fingerprint density at radius 3 is 2.38 bits per heavy atom. The predicted molar refractivity (Wildman–Crippen MR) is 76.8 cm³/mol. The first-order valence-corrected chi connectivity index (χ1v) is 6.07. The van der Waals surface area contributed by atoms with E-state index in [-0.39, 0.29) is 16.6 Å². The number of nitrogens with one attached hydrogen (secondary N) is 1. The van der Waals surface area contributed by atoms with E-state index in [0.29, 0.717) is 5.69 Å². The first-order chi connectivity index (χ1) is 10.1. The van der Waals surface area contributed by atoms with Crippen LogP contribution >= 0.6 is 0 Å². The lowest BCUT2D eigenvalue weighted by atomic mass is 10.2. The summed E-state index contributed by atoms with van der Waals surface area (Å²) >= 11 is 0. The molecule has 0 radical (unpaired) electrons. The standard InChI is InChI=1S/C14H9N3O4/c18-13-10-7-4-8-11(17(20)21)12(10)15-14(19)16(13)9-5-2-1-3-6-9/h1-8H,(H,15,19). The second kappa shape index (κ2) is 4.71. The summed E-state index contributed by atoms with van der Waals surface area (Å²) in [5.74, 6) is 0. The molecular weight excluding hydrogens is 274 g/mol. The summed E-state index contributed by atoms with van der Waals surface area (Å²) < 4.78 is 0.950. The Kier molecular flexibility index (Phi) is 2.87. The molecular formula is C14H9N3O4. The number of aromatic nitrogens is 2. The van der Waals surface area contributed by atoms with Crippen LogP contribution in [0.3, 0.4) is 0 Å². The summed E-state index contributed by atoms with van der Waals surface area (Å²) in [6.45, 7) is 0. The Hall–Kier alpha value is -3.22. The van der Waals surface area contributed by atoms with Gasteiger partial charge in [0, 0.05) is 6.07 Å². The van der Waals surface area contributed by atoms with Crippen molar-refractivity contribution in [2.24, 2.45) is 0 Å². The molecule has 3 aromatic rings. The van der Waals surface area contributed by atoms with Crippen LogP contribution in [0.25, 0.3) is 16.6 Å². The van der Waals surface area contributed by atoms with Crippen molar-refractivity contribution in [3.63, 3.8) is 0 Å². The highest BCUT2D eigenvalue weighted by Gasteiger charge is 2.17. The number of nitrogens with zero attached hydrogens (tertiary/aromatic N) is 2. The van der Waals surface area contributed by atoms with Crippen LogP contribution in [0.1, 0.15) is 0 Å². The molecule has 3 rings (SSSR count). The monoisotopic (exact) mass is 283 g/mol. The van der Waals surface area contributed by atoms with Crippen LogP contribution in [0.15, 0.2) is 58.1 Å². The number of hydrogen-bond acceptors (Lipinski definition) is 4. The van der Waals surface area contributed by atoms with E-state index in [9.17, 15) is 19.7 Å². The van der Waals surface area contributed by atoms with Crippen molar-refractivity contribution in [2.45, 2.75) is 0 Å². The molecule has 2 aromatic carbocycles. The first-order valence-electron chi connectivity index (χ1n) is 6.07. The second-order valence-electron chi connectivity index (χ2n) is 4.36. The molecule has 0 aliphatic rings. The molecule has 1 heterocycles. The Morgan fingerprint density at radius 2 is 1.71 bits per heavy atom. The van der Waals surface area contributed by atoms with Gasteiger partial charge in [0.15, 0.2) is 0 Å². The molecule has 104 valence electrons. The predicted octanol–water partition coefficient (Wildman–Crippen LogP) is 1.59. The van der Waals surface area contributed by atoms with E-state index < -0.39 is 16.2 Å². The summed E-state index contributed by atoms with van der Waals surface area (Å²) in [6.07, 6.45) is 0. The first kappa shape index (κ1) is 12.8. The van der Waals surface area contributed by atoms with E-state index in [0.717, 1.165) is 4.57 Å². The number of hydrogen-bond donors (Lipinski definition) is 1. The zero-order valence-electron chi connectivity index (χ0n) is 10.6. The molecule has 0 fully saturated rings. The third-order valence-electron chi connectivity index (χ3n) is 3.12. The number of benzene rings is 2. The summed E-state index contributed by atoms with van der Waals surface area (Å²) in [5, 5.41) is 11.1. The fourth-order valence-electron chi connectivity index (χ4n) is 2.19. The van der Waals surface area contributed by atoms with Crippen LogP contribution in [0, 0.1) is 10.1 Å². The van der Waals surface area contributed by atoms with Gasteiger partial charge < -0.3 is 4.98 Å². The molecule has 7 heteroatoms. The molecule has 0 atom stereocenters. The third kappa shape index (κ3) is 2.00. The highest BCUT2D eigenvalue weighted by atomic mass is 16.6. The summed E-state index contributed by atoms with van der Waals surface area (Å²) in [5.41, 5.74) is -1.28. The van der Waals surface area contributed by atoms with E-state index in [4.69, 9.17) is 0 Å². The quantitative estimate of drug-likeness (QED) is 0.570. The number of non-ortho nitro benzene ring substituents is 1. The van der Waals surface area contributed by atoms with Crippen molar-refractivity contribution < 1.29 is 4.92 Å². The molecule has 7 nitrogen and oxygen atoms in total. The molecule has 0 saturated heterocycles. The van der Waals surface area contributed by atoms with Crippen molar-refractivity contribution in [1.82, 2.24) is 9.55 Å². The van der Waals surface area contributed by atoms with Gasteiger partial charge in [-0.15, -0.1) is 0 Å². The Morgan fingerprint density at radius 1 is 1.00 bits per heavy atom. The zero-order valence-corrected chi connectivity index (χ0v) is 10.6. The minimum absolute atomic E-state index is 0.0651. The lowest BCUT2D eigenvalue weighted by Crippen LogP contribution is -2.33. The lowest BCUT2D eigenvalue weighted by molar-refractivity contribution is -0.383. The normalized spacial score (nSPS) is 10.7. The largest absolute Gasteiger partial charge is 0.333 e. The van der Waals surface area contributed by atoms with Gasteiger partial charge in [-0.25, -0.2) is 9.36 Å². The second-order valence-corrected chi connectivity index (χ2v) is 4.36. The van der Waals surface area contributed by atoms with Crippen LogP contribution in [0.2, 0.25) is 0 Å². The van der Waals surface area contributed by atoms with E-state index in [1.165, 1.54) is 18.2 Å². The van der Waals surface area contributed by atoms with Gasteiger partial charge in [0.1, 0.15) is 5.52 Å². The fourth-order valence-corrected chi connectivity index (χ4v) is 2.19. The molecule has 1 N–H and O–H groups in total. The van der Waals surface area contributed by atoms with Crippen molar-refractivity contribution in [1.29, 1.82) is 0 Å². The lowest BCUT2D eigenvalue weighted by Gasteiger charge is -2.06. The van der Waals surface area contributed by atoms with Crippen molar-refractivity contribution in [3.05, 3.63) is 79.5 Å². The third-order valence-corrected chi connectivity index (χ3v) is 3.12. The summed E-state index contributed by atoms with van der Waals surface area (Å²) in [4.78, 5) is 37.3. The van der Waals surface area contributed by atoms with Crippen LogP contribution in [-0.2, 0) is 0 Å². The molecule has 0 amide bonds. The van der Waals surface area contributed by atoms with E-state index in [2.05, 4.69) is 4.98 Å². The average Bonchev–Trinajstić information content (AvgIpc) is 2.47. The number of rotatable bonds is 2. The van der Waals surface area contributed by atoms with Crippen LogP contribution in [0.4, 0.5) is 5.69 Å². The van der Waals surface area contributed by atoms with E-state index >= 15 is 0 Å². The fraction of sp³-hybridized carbons (Fsp3) is 0. The van der Waals surface area contributed by atoms with E-state index in [1.54, 1.807) is 30.3 Å². The molecule has 0 aliphatic carbocycles. The van der Waals surface area contributed by atoms with Gasteiger partial charge in [0.2, 0.25) is 0 Å². The number of H-pyrrole nitrogens is 1. The maximum atomic E-state index is 12.4. The number of para-hydroxylation sites is 2. The minimum atomic E-state index is -0.715. The average molecular weight is 283 g/mol. The van der Waals surface area contributed by atoms with Crippen molar-refractivity contribution in [3.8, 4) is 5.69 Å². The van der Waals surface area contributed by atoms with Gasteiger partial charge in [-0.05, 0) is 18.2 Å². The van der Waals surface area contributed by atoms with Gasteiger partial charge in [0.05, 0.1) is 16.0 Å². The Balaban J connectivity index is 2.45. The van der Waals surface area contributed by atoms with Gasteiger partial charge in [-0.1, -0.05) is 24.3 Å². The molecule has 1 aromatic heterocycles. The molecule has 21 heavy (non-hydrogen) atoms. The molecule has 0 aliphatic heterocycles. The van der Waals surface area contributed by atoms with Gasteiger partial charge in [0.25, 0.3) is 11.2 Å². The Labute approximate surface area is 117 Å². The van der Waals surface area contributed by atoms with Gasteiger partial charge in [-0.3, -0.25) is 14.9 Å². The van der Waals surface area contributed by atoms with Crippen LogP contribution < -0.4 is 11.2 Å². The minimum Gasteiger partial charge on any atom is -0.301 e. The number of nitro benzene ring substituents is 1. The van der Waals surface area contributed by atoms with Crippen LogP contribution in [0.5, 0.6) is 0 Å². The maximum absolute atomic E-state index is 12.4. The Bertz CT molecular complexity index is 957. The molecule has 0 bridgehead atoms. The molecule has 0 spiro atoms. The SMILES string of the molecule is O=c1[nH]c2c([N+](=O)[O-])cccc2c(=O)n1-c1ccccc1. The number of aromatic amines is 1. The van der Waals surface area contributed by atoms with Gasteiger partial charge >= 0.3 is 5.69 Å². The highest BCUT2D eigenvalue weighted by Crippen LogP contribution is 2.19. The molecule has 0 saturated carbocycles. The zero-order chi connectivity index (χ0) is 15.0. The number of nitro groups is 1. The molecule has 0 unspecified atom stereocenters. The maximum Gasteiger partial charge on any atom is 0.333 e. The summed E-state index contributed by atoms with van der Waals surface area (Å²) in [7, 11) is 0. The highest BCUT2D eigenvalue weighted by molar-refractivity contribution is 5.86. The van der Waals surface area contributed by atoms with Crippen molar-refractivity contribution >= 4 is 16.6 Å². The van der Waals surface area contributed by atoms with Gasteiger partial charge in [-0.2, -0.15) is 0 Å². The smallest absolute Gasteiger partial charge is 0.301 e. The van der Waals surface area contributed by atoms with Crippen LogP contribution in [-0.4, -0.2) is 14.5 Å². The topological polar surface area (TPSA) is 98.0 Å². The summed E-state index contributed by atoms with van der Waals surface area (Å²) in [6, 6.07) is 12.5. The van der Waals surface area contributed by atoms with Crippen molar-refractivity contribution in [2.75, 3.05) is 0 Å². The number of fused-ring (bicyclic) bond motifs is 1. The van der Waals surface area contributed by atoms with E-state index in [1.807, 2.05) is 0 Å².